The number of anilines is 1. The zero-order chi connectivity index (χ0) is 17.1. The molecule has 0 aliphatic rings. The van der Waals surface area contributed by atoms with Gasteiger partial charge in [0.15, 0.2) is 0 Å². The number of nitrogens with one attached hydrogen (secondary N) is 2. The molecule has 0 fully saturated rings. The molecular weight excluding hydrogens is 316 g/mol. The summed E-state index contributed by atoms with van der Waals surface area (Å²) in [6.45, 7) is 0. The predicted octanol–water partition coefficient (Wildman–Crippen LogP) is 4.00. The molecule has 1 amide bonds. The van der Waals surface area contributed by atoms with Crippen LogP contribution in [0, 0.1) is 0 Å². The molecule has 122 valence electrons. The number of hydrogen-bond acceptors (Lipinski definition) is 4. The van der Waals surface area contributed by atoms with E-state index in [1.54, 1.807) is 12.1 Å². The molecule has 0 unspecified atom stereocenters. The van der Waals surface area contributed by atoms with Crippen molar-refractivity contribution in [3.8, 4) is 11.8 Å². The maximum Gasteiger partial charge on any atom is 0.321 e. The lowest BCUT2D eigenvalue weighted by Gasteiger charge is -2.06. The Balaban J connectivity index is 1.46. The van der Waals surface area contributed by atoms with Crippen molar-refractivity contribution in [1.82, 2.24) is 15.0 Å². The van der Waals surface area contributed by atoms with Crippen molar-refractivity contribution < 1.29 is 9.53 Å². The highest BCUT2D eigenvalue weighted by Gasteiger charge is 2.09. The molecule has 6 nitrogen and oxygen atoms in total. The van der Waals surface area contributed by atoms with Gasteiger partial charge in [-0.2, -0.15) is 0 Å². The van der Waals surface area contributed by atoms with Gasteiger partial charge in [0.1, 0.15) is 5.75 Å². The second-order valence-corrected chi connectivity index (χ2v) is 5.40. The number of fused-ring (bicyclic) bond motifs is 1. The summed E-state index contributed by atoms with van der Waals surface area (Å²) in [5.41, 5.74) is 2.08. The molecule has 2 N–H and O–H groups in total. The maximum absolute atomic E-state index is 12.3. The standard InChI is InChI=1S/C19H14N4O2/c24-18(23-15-6-7-17-13(10-15)8-9-20-17)14-11-21-19(22-12-14)25-16-4-2-1-3-5-16/h1-12,20H,(H,23,24). The van der Waals surface area contributed by atoms with Gasteiger partial charge in [-0.25, -0.2) is 9.97 Å². The summed E-state index contributed by atoms with van der Waals surface area (Å²) in [5.74, 6) is 0.362. The Hall–Kier alpha value is -3.67. The summed E-state index contributed by atoms with van der Waals surface area (Å²) in [6.07, 6.45) is 4.74. The van der Waals surface area contributed by atoms with Crippen molar-refractivity contribution in [1.29, 1.82) is 0 Å². The molecule has 0 aliphatic carbocycles. The fraction of sp³-hybridized carbons (Fsp3) is 0. The number of H-pyrrole nitrogens is 1. The van der Waals surface area contributed by atoms with Gasteiger partial charge in [-0.05, 0) is 36.4 Å². The fourth-order valence-corrected chi connectivity index (χ4v) is 2.41. The van der Waals surface area contributed by atoms with E-state index >= 15 is 0 Å². The topological polar surface area (TPSA) is 79.9 Å². The molecule has 2 heterocycles. The highest BCUT2D eigenvalue weighted by molar-refractivity contribution is 6.04. The van der Waals surface area contributed by atoms with Crippen LogP contribution in [-0.4, -0.2) is 20.9 Å². The van der Waals surface area contributed by atoms with Crippen LogP contribution in [-0.2, 0) is 0 Å². The van der Waals surface area contributed by atoms with Crippen LogP contribution in [0.1, 0.15) is 10.4 Å². The van der Waals surface area contributed by atoms with E-state index in [-0.39, 0.29) is 11.9 Å². The summed E-state index contributed by atoms with van der Waals surface area (Å²) in [5, 5.41) is 3.86. The zero-order valence-corrected chi connectivity index (χ0v) is 13.1. The minimum Gasteiger partial charge on any atom is -0.424 e. The summed E-state index contributed by atoms with van der Waals surface area (Å²) in [4.78, 5) is 23.6. The van der Waals surface area contributed by atoms with Crippen molar-refractivity contribution in [3.05, 3.63) is 78.8 Å². The third kappa shape index (κ3) is 3.32. The van der Waals surface area contributed by atoms with Gasteiger partial charge in [-0.1, -0.05) is 18.2 Å². The number of amides is 1. The normalized spacial score (nSPS) is 10.6. The van der Waals surface area contributed by atoms with E-state index in [1.807, 2.05) is 48.7 Å². The first kappa shape index (κ1) is 14.9. The van der Waals surface area contributed by atoms with Crippen molar-refractivity contribution in [3.63, 3.8) is 0 Å². The van der Waals surface area contributed by atoms with Crippen LogP contribution in [0.4, 0.5) is 5.69 Å². The third-order valence-electron chi connectivity index (χ3n) is 3.65. The zero-order valence-electron chi connectivity index (χ0n) is 13.1. The van der Waals surface area contributed by atoms with E-state index in [2.05, 4.69) is 20.3 Å². The first-order valence-electron chi connectivity index (χ1n) is 7.71. The minimum atomic E-state index is -0.277. The van der Waals surface area contributed by atoms with E-state index in [0.29, 0.717) is 17.0 Å². The average molecular weight is 330 g/mol. The summed E-state index contributed by atoms with van der Waals surface area (Å²) in [6, 6.07) is 17.0. The number of ether oxygens (including phenoxy) is 1. The lowest BCUT2D eigenvalue weighted by atomic mass is 10.2. The molecule has 0 saturated carbocycles. The number of para-hydroxylation sites is 1. The molecule has 0 bridgehead atoms. The Labute approximate surface area is 143 Å². The number of rotatable bonds is 4. The predicted molar refractivity (Wildman–Crippen MR) is 94.8 cm³/mol. The van der Waals surface area contributed by atoms with Gasteiger partial charge >= 0.3 is 6.01 Å². The number of hydrogen-bond donors (Lipinski definition) is 2. The van der Waals surface area contributed by atoms with E-state index in [0.717, 1.165) is 10.9 Å². The van der Waals surface area contributed by atoms with Crippen molar-refractivity contribution >= 4 is 22.5 Å². The van der Waals surface area contributed by atoms with Crippen LogP contribution in [0.25, 0.3) is 10.9 Å². The van der Waals surface area contributed by atoms with Crippen LogP contribution < -0.4 is 10.1 Å². The minimum absolute atomic E-state index is 0.191. The van der Waals surface area contributed by atoms with Gasteiger partial charge in [0.25, 0.3) is 5.91 Å². The molecule has 4 aromatic rings. The number of carbonyl (C=O) groups excluding carboxylic acids is 1. The van der Waals surface area contributed by atoms with Crippen LogP contribution in [0.5, 0.6) is 11.8 Å². The van der Waals surface area contributed by atoms with Crippen molar-refractivity contribution in [2.45, 2.75) is 0 Å². The Morgan fingerprint density at radius 2 is 1.80 bits per heavy atom. The Bertz CT molecular complexity index is 1010. The van der Waals surface area contributed by atoms with Gasteiger partial charge in [-0.3, -0.25) is 4.79 Å². The molecule has 0 atom stereocenters. The second kappa shape index (κ2) is 6.45. The Morgan fingerprint density at radius 1 is 1.00 bits per heavy atom. The molecule has 4 rings (SSSR count). The molecule has 25 heavy (non-hydrogen) atoms. The van der Waals surface area contributed by atoms with Crippen LogP contribution in [0.3, 0.4) is 0 Å². The summed E-state index contributed by atoms with van der Waals surface area (Å²) >= 11 is 0. The lowest BCUT2D eigenvalue weighted by molar-refractivity contribution is 0.102. The van der Waals surface area contributed by atoms with Gasteiger partial charge in [-0.15, -0.1) is 0 Å². The van der Waals surface area contributed by atoms with Gasteiger partial charge in [0.2, 0.25) is 0 Å². The van der Waals surface area contributed by atoms with E-state index in [4.69, 9.17) is 4.74 Å². The molecule has 2 aromatic heterocycles. The lowest BCUT2D eigenvalue weighted by Crippen LogP contribution is -2.12. The molecule has 0 aliphatic heterocycles. The number of benzene rings is 2. The molecule has 0 saturated heterocycles. The quantitative estimate of drug-likeness (QED) is 0.592. The average Bonchev–Trinajstić information content (AvgIpc) is 3.11. The molecule has 0 spiro atoms. The molecule has 2 aromatic carbocycles. The maximum atomic E-state index is 12.3. The summed E-state index contributed by atoms with van der Waals surface area (Å²) < 4.78 is 5.51. The van der Waals surface area contributed by atoms with Crippen molar-refractivity contribution in [2.75, 3.05) is 5.32 Å². The van der Waals surface area contributed by atoms with Crippen LogP contribution in [0.15, 0.2) is 73.2 Å². The molecule has 0 radical (unpaired) electrons. The van der Waals surface area contributed by atoms with Gasteiger partial charge < -0.3 is 15.0 Å². The van der Waals surface area contributed by atoms with Gasteiger partial charge in [0, 0.05) is 35.2 Å². The van der Waals surface area contributed by atoms with Gasteiger partial charge in [0.05, 0.1) is 5.56 Å². The van der Waals surface area contributed by atoms with E-state index in [1.165, 1.54) is 12.4 Å². The molecular formula is C19H14N4O2. The van der Waals surface area contributed by atoms with Crippen LogP contribution >= 0.6 is 0 Å². The highest BCUT2D eigenvalue weighted by Crippen LogP contribution is 2.19. The number of aromatic amines is 1. The van der Waals surface area contributed by atoms with Crippen LogP contribution in [0.2, 0.25) is 0 Å². The van der Waals surface area contributed by atoms with E-state index in [9.17, 15) is 4.79 Å². The Morgan fingerprint density at radius 3 is 2.60 bits per heavy atom. The largest absolute Gasteiger partial charge is 0.424 e. The van der Waals surface area contributed by atoms with E-state index < -0.39 is 0 Å². The molecule has 6 heteroatoms. The number of aromatic nitrogens is 3. The first-order chi connectivity index (χ1) is 12.3. The summed E-state index contributed by atoms with van der Waals surface area (Å²) in [7, 11) is 0. The SMILES string of the molecule is O=C(Nc1ccc2[nH]ccc2c1)c1cnc(Oc2ccccc2)nc1. The fourth-order valence-electron chi connectivity index (χ4n) is 2.41. The monoisotopic (exact) mass is 330 g/mol. The second-order valence-electron chi connectivity index (χ2n) is 5.40. The highest BCUT2D eigenvalue weighted by atomic mass is 16.5. The Kier molecular flexibility index (Phi) is 3.84. The van der Waals surface area contributed by atoms with Crippen molar-refractivity contribution in [2.24, 2.45) is 0 Å². The first-order valence-corrected chi connectivity index (χ1v) is 7.71. The third-order valence-corrected chi connectivity index (χ3v) is 3.65. The number of carbonyl (C=O) groups is 1. The number of nitrogens with zero attached hydrogens (tertiary/aromatic N) is 2. The smallest absolute Gasteiger partial charge is 0.321 e.